The summed E-state index contributed by atoms with van der Waals surface area (Å²) in [5.74, 6) is 0.671. The molecule has 2 bridgehead atoms. The Morgan fingerprint density at radius 1 is 1.11 bits per heavy atom. The molecule has 2 atom stereocenters. The molecule has 6 heteroatoms. The second kappa shape index (κ2) is 7.08. The minimum atomic E-state index is -0.162. The topological polar surface area (TPSA) is 92.5 Å². The second-order valence-electron chi connectivity index (χ2n) is 8.31. The third-order valence-corrected chi connectivity index (χ3v) is 6.54. The first-order chi connectivity index (χ1) is 12.9. The van der Waals surface area contributed by atoms with Crippen molar-refractivity contribution in [3.63, 3.8) is 0 Å². The van der Waals surface area contributed by atoms with Gasteiger partial charge >= 0.3 is 0 Å². The van der Waals surface area contributed by atoms with Crippen LogP contribution in [-0.2, 0) is 14.4 Å². The lowest BCUT2D eigenvalue weighted by atomic mass is 9.65. The quantitative estimate of drug-likeness (QED) is 0.801. The Bertz CT molecular complexity index is 761. The lowest BCUT2D eigenvalue weighted by Crippen LogP contribution is -2.48. The third-order valence-electron chi connectivity index (χ3n) is 6.54. The fourth-order valence-corrected chi connectivity index (χ4v) is 5.08. The molecule has 1 aliphatic heterocycles. The Morgan fingerprint density at radius 2 is 1.74 bits per heavy atom. The summed E-state index contributed by atoms with van der Waals surface area (Å²) in [6, 6.07) is 5.60. The monoisotopic (exact) mass is 369 g/mol. The molecule has 1 aromatic carbocycles. The largest absolute Gasteiger partial charge is 0.327 e. The molecule has 0 aromatic heterocycles. The first-order valence-electron chi connectivity index (χ1n) is 9.97. The maximum Gasteiger partial charge on any atom is 0.234 e. The average molecular weight is 369 g/mol. The zero-order valence-electron chi connectivity index (χ0n) is 15.7. The maximum atomic E-state index is 12.8. The van der Waals surface area contributed by atoms with Crippen molar-refractivity contribution in [2.24, 2.45) is 23.5 Å². The van der Waals surface area contributed by atoms with Crippen molar-refractivity contribution in [2.75, 3.05) is 10.2 Å². The van der Waals surface area contributed by atoms with Gasteiger partial charge in [0.15, 0.2) is 0 Å². The number of hydrogen-bond donors (Lipinski definition) is 2. The molecular formula is C21H27N3O3. The number of rotatable bonds is 3. The van der Waals surface area contributed by atoms with Gasteiger partial charge in [0.2, 0.25) is 17.7 Å². The molecular weight excluding hydrogens is 342 g/mol. The average Bonchev–Trinajstić information content (AvgIpc) is 2.93. The number of amides is 3. The van der Waals surface area contributed by atoms with Crippen molar-refractivity contribution in [2.45, 2.75) is 57.9 Å². The van der Waals surface area contributed by atoms with Crippen LogP contribution < -0.4 is 16.0 Å². The minimum absolute atomic E-state index is 0.0156. The van der Waals surface area contributed by atoms with Crippen LogP contribution in [0.1, 0.15) is 50.5 Å². The number of nitrogens with zero attached hydrogens (tertiary/aromatic N) is 1. The number of carbonyl (C=O) groups excluding carboxylic acids is 3. The molecule has 1 aromatic rings. The van der Waals surface area contributed by atoms with Gasteiger partial charge in [-0.1, -0.05) is 6.42 Å². The summed E-state index contributed by atoms with van der Waals surface area (Å²) >= 11 is 0. The highest BCUT2D eigenvalue weighted by atomic mass is 16.2. The van der Waals surface area contributed by atoms with Crippen molar-refractivity contribution in [1.29, 1.82) is 0 Å². The van der Waals surface area contributed by atoms with Gasteiger partial charge in [-0.15, -0.1) is 0 Å². The molecule has 2 aliphatic carbocycles. The molecule has 0 spiro atoms. The molecule has 0 radical (unpaired) electrons. The highest BCUT2D eigenvalue weighted by Gasteiger charge is 2.40. The molecule has 2 saturated carbocycles. The lowest BCUT2D eigenvalue weighted by molar-refractivity contribution is -0.123. The van der Waals surface area contributed by atoms with Gasteiger partial charge in [-0.2, -0.15) is 0 Å². The van der Waals surface area contributed by atoms with Gasteiger partial charge in [-0.25, -0.2) is 0 Å². The molecule has 3 N–H and O–H groups in total. The number of nitrogens with two attached hydrogens (primary N) is 1. The zero-order chi connectivity index (χ0) is 19.1. The first kappa shape index (κ1) is 18.2. The predicted octanol–water partition coefficient (Wildman–Crippen LogP) is 2.74. The molecule has 4 rings (SSSR count). The van der Waals surface area contributed by atoms with Crippen LogP contribution in [0.15, 0.2) is 18.2 Å². The fraction of sp³-hybridized carbons (Fsp3) is 0.571. The fourth-order valence-electron chi connectivity index (χ4n) is 5.08. The Morgan fingerprint density at radius 3 is 2.33 bits per heavy atom. The van der Waals surface area contributed by atoms with Gasteiger partial charge in [0.05, 0.1) is 5.69 Å². The van der Waals surface area contributed by atoms with Gasteiger partial charge in [0.1, 0.15) is 0 Å². The van der Waals surface area contributed by atoms with E-state index in [9.17, 15) is 14.4 Å². The van der Waals surface area contributed by atoms with Crippen LogP contribution >= 0.6 is 0 Å². The van der Waals surface area contributed by atoms with E-state index in [1.54, 1.807) is 12.1 Å². The van der Waals surface area contributed by atoms with Crippen molar-refractivity contribution < 1.29 is 14.4 Å². The van der Waals surface area contributed by atoms with Crippen LogP contribution in [0.2, 0.25) is 0 Å². The standard InChI is InChI=1S/C21H27N3O3/c1-12-9-16(5-6-17(12)24-18(25)7-8-19(24)26)23-21(27)15-10-13-3-2-4-14(11-15)20(13)22/h5-6,9,13-15,20H,2-4,7-8,10-11,22H2,1H3,(H,23,27). The molecule has 3 amide bonds. The molecule has 3 fully saturated rings. The van der Waals surface area contributed by atoms with Crippen LogP contribution in [0.5, 0.6) is 0 Å². The van der Waals surface area contributed by atoms with E-state index in [2.05, 4.69) is 5.32 Å². The van der Waals surface area contributed by atoms with E-state index in [0.717, 1.165) is 31.2 Å². The van der Waals surface area contributed by atoms with Crippen molar-refractivity contribution in [1.82, 2.24) is 0 Å². The summed E-state index contributed by atoms with van der Waals surface area (Å²) in [5.41, 5.74) is 8.45. The van der Waals surface area contributed by atoms with Gasteiger partial charge in [-0.3, -0.25) is 19.3 Å². The van der Waals surface area contributed by atoms with E-state index < -0.39 is 0 Å². The summed E-state index contributed by atoms with van der Waals surface area (Å²) in [5, 5.41) is 3.03. The Balaban J connectivity index is 1.45. The molecule has 1 saturated heterocycles. The zero-order valence-corrected chi connectivity index (χ0v) is 15.7. The van der Waals surface area contributed by atoms with E-state index in [1.165, 1.54) is 11.3 Å². The number of carbonyl (C=O) groups is 3. The summed E-state index contributed by atoms with van der Waals surface area (Å²) in [6.45, 7) is 1.86. The summed E-state index contributed by atoms with van der Waals surface area (Å²) < 4.78 is 0. The molecule has 1 heterocycles. The van der Waals surface area contributed by atoms with Gasteiger partial charge < -0.3 is 11.1 Å². The van der Waals surface area contributed by atoms with Crippen molar-refractivity contribution >= 4 is 29.1 Å². The molecule has 27 heavy (non-hydrogen) atoms. The first-order valence-corrected chi connectivity index (χ1v) is 9.97. The number of fused-ring (bicyclic) bond motifs is 2. The van der Waals surface area contributed by atoms with Gasteiger partial charge in [-0.05, 0) is 68.2 Å². The van der Waals surface area contributed by atoms with Crippen molar-refractivity contribution in [3.8, 4) is 0 Å². The maximum absolute atomic E-state index is 12.8. The number of benzene rings is 1. The lowest BCUT2D eigenvalue weighted by Gasteiger charge is -2.43. The smallest absolute Gasteiger partial charge is 0.234 e. The number of nitrogens with one attached hydrogen (secondary N) is 1. The highest BCUT2D eigenvalue weighted by molar-refractivity contribution is 6.20. The van der Waals surface area contributed by atoms with Crippen LogP contribution in [0.4, 0.5) is 11.4 Å². The Kier molecular flexibility index (Phi) is 4.76. The second-order valence-corrected chi connectivity index (χ2v) is 8.31. The Hall–Kier alpha value is -2.21. The van der Waals surface area contributed by atoms with Crippen LogP contribution in [-0.4, -0.2) is 23.8 Å². The number of imide groups is 1. The van der Waals surface area contributed by atoms with Crippen LogP contribution in [0.3, 0.4) is 0 Å². The number of anilines is 2. The van der Waals surface area contributed by atoms with E-state index in [4.69, 9.17) is 5.73 Å². The van der Waals surface area contributed by atoms with E-state index in [-0.39, 0.29) is 42.5 Å². The van der Waals surface area contributed by atoms with E-state index in [1.807, 2.05) is 13.0 Å². The molecule has 144 valence electrons. The summed E-state index contributed by atoms with van der Waals surface area (Å²) in [7, 11) is 0. The van der Waals surface area contributed by atoms with E-state index >= 15 is 0 Å². The minimum Gasteiger partial charge on any atom is -0.327 e. The molecule has 3 aliphatic rings. The summed E-state index contributed by atoms with van der Waals surface area (Å²) in [4.78, 5) is 38.0. The van der Waals surface area contributed by atoms with E-state index in [0.29, 0.717) is 23.2 Å². The SMILES string of the molecule is Cc1cc(NC(=O)C2CC3CCCC(C2)C3N)ccc1N1C(=O)CCC1=O. The van der Waals surface area contributed by atoms with Crippen molar-refractivity contribution in [3.05, 3.63) is 23.8 Å². The Labute approximate surface area is 159 Å². The van der Waals surface area contributed by atoms with Crippen LogP contribution in [0, 0.1) is 24.7 Å². The molecule has 6 nitrogen and oxygen atoms in total. The predicted molar refractivity (Wildman–Crippen MR) is 103 cm³/mol. The van der Waals surface area contributed by atoms with Gasteiger partial charge in [0.25, 0.3) is 0 Å². The third kappa shape index (κ3) is 3.38. The number of hydrogen-bond acceptors (Lipinski definition) is 4. The normalized spacial score (nSPS) is 30.5. The summed E-state index contributed by atoms with van der Waals surface area (Å²) in [6.07, 6.45) is 5.77. The molecule has 2 unspecified atom stereocenters. The van der Waals surface area contributed by atoms with Crippen LogP contribution in [0.25, 0.3) is 0 Å². The highest BCUT2D eigenvalue weighted by Crippen LogP contribution is 2.42. The van der Waals surface area contributed by atoms with Gasteiger partial charge in [0, 0.05) is 30.5 Å². The number of aryl methyl sites for hydroxylation is 1.